The third kappa shape index (κ3) is 2.26. The zero-order valence-corrected chi connectivity index (χ0v) is 12.4. The summed E-state index contributed by atoms with van der Waals surface area (Å²) < 4.78 is 11.4. The van der Waals surface area contributed by atoms with E-state index in [0.717, 1.165) is 11.3 Å². The summed E-state index contributed by atoms with van der Waals surface area (Å²) in [4.78, 5) is 24.1. The molecule has 2 aliphatic heterocycles. The van der Waals surface area contributed by atoms with E-state index in [2.05, 4.69) is 5.32 Å². The maximum absolute atomic E-state index is 12.2. The molecule has 1 N–H and O–H groups in total. The molecule has 2 heterocycles. The Hall–Kier alpha value is -2.04. The molecule has 0 spiro atoms. The van der Waals surface area contributed by atoms with E-state index in [-0.39, 0.29) is 17.6 Å². The zero-order chi connectivity index (χ0) is 15.2. The lowest BCUT2D eigenvalue weighted by molar-refractivity contribution is -0.145. The first kappa shape index (κ1) is 13.9. The number of hydrogen-bond donors (Lipinski definition) is 1. The summed E-state index contributed by atoms with van der Waals surface area (Å²) in [6.07, 6.45) is 0.601. The molecule has 0 aliphatic carbocycles. The van der Waals surface area contributed by atoms with Crippen molar-refractivity contribution in [2.45, 2.75) is 38.8 Å². The number of piperidine rings is 1. The number of carbonyl (C=O) groups excluding carboxylic acids is 2. The van der Waals surface area contributed by atoms with E-state index >= 15 is 0 Å². The van der Waals surface area contributed by atoms with Crippen molar-refractivity contribution in [3.8, 4) is 11.5 Å². The Morgan fingerprint density at radius 1 is 1.52 bits per heavy atom. The minimum Gasteiger partial charge on any atom is -0.494 e. The second kappa shape index (κ2) is 4.76. The molecule has 0 unspecified atom stereocenters. The van der Waals surface area contributed by atoms with Crippen molar-refractivity contribution in [2.75, 3.05) is 6.61 Å². The molecule has 1 amide bonds. The van der Waals surface area contributed by atoms with E-state index in [1.807, 2.05) is 32.0 Å². The fourth-order valence-electron chi connectivity index (χ4n) is 3.34. The smallest absolute Gasteiger partial charge is 0.234 e. The third-order valence-corrected chi connectivity index (χ3v) is 4.15. The number of rotatable bonds is 3. The Labute approximate surface area is 123 Å². The molecule has 3 atom stereocenters. The van der Waals surface area contributed by atoms with Crippen LogP contribution in [-0.2, 0) is 9.59 Å². The Bertz CT molecular complexity index is 612. The number of fused-ring (bicyclic) bond motifs is 4. The normalized spacial score (nSPS) is 30.0. The SMILES string of the molecule is CCOc1ccc2c(c1)O[C@]1(C)C[C@H]2[C@@H](C(C)=O)C(=O)N1. The molecule has 1 aromatic rings. The molecular weight excluding hydrogens is 270 g/mol. The van der Waals surface area contributed by atoms with Crippen LogP contribution in [0.25, 0.3) is 0 Å². The number of ketones is 1. The number of amides is 1. The van der Waals surface area contributed by atoms with Crippen molar-refractivity contribution < 1.29 is 19.1 Å². The van der Waals surface area contributed by atoms with Crippen LogP contribution in [0, 0.1) is 5.92 Å². The Balaban J connectivity index is 2.06. The highest BCUT2D eigenvalue weighted by Crippen LogP contribution is 2.47. The van der Waals surface area contributed by atoms with Crippen LogP contribution in [0.5, 0.6) is 11.5 Å². The second-order valence-electron chi connectivity index (χ2n) is 5.85. The summed E-state index contributed by atoms with van der Waals surface area (Å²) in [5, 5.41) is 2.83. The quantitative estimate of drug-likeness (QED) is 0.864. The predicted octanol–water partition coefficient (Wildman–Crippen LogP) is 2.00. The van der Waals surface area contributed by atoms with E-state index in [0.29, 0.717) is 18.8 Å². The first-order valence-corrected chi connectivity index (χ1v) is 7.22. The van der Waals surface area contributed by atoms with Gasteiger partial charge in [0.05, 0.1) is 6.61 Å². The minimum atomic E-state index is -0.758. The Morgan fingerprint density at radius 2 is 2.29 bits per heavy atom. The molecule has 2 aliphatic rings. The molecule has 0 saturated carbocycles. The van der Waals surface area contributed by atoms with Gasteiger partial charge in [-0.15, -0.1) is 0 Å². The molecule has 112 valence electrons. The van der Waals surface area contributed by atoms with Gasteiger partial charge in [0.15, 0.2) is 5.72 Å². The first-order chi connectivity index (χ1) is 9.93. The van der Waals surface area contributed by atoms with Crippen LogP contribution in [0.4, 0.5) is 0 Å². The van der Waals surface area contributed by atoms with Crippen molar-refractivity contribution >= 4 is 11.7 Å². The second-order valence-corrected chi connectivity index (χ2v) is 5.85. The van der Waals surface area contributed by atoms with E-state index in [4.69, 9.17) is 9.47 Å². The highest BCUT2D eigenvalue weighted by atomic mass is 16.5. The largest absolute Gasteiger partial charge is 0.494 e. The van der Waals surface area contributed by atoms with Gasteiger partial charge in [-0.25, -0.2) is 0 Å². The van der Waals surface area contributed by atoms with Gasteiger partial charge in [0.2, 0.25) is 5.91 Å². The molecule has 0 aromatic heterocycles. The van der Waals surface area contributed by atoms with Crippen molar-refractivity contribution in [1.29, 1.82) is 0 Å². The van der Waals surface area contributed by atoms with E-state index in [1.54, 1.807) is 0 Å². The van der Waals surface area contributed by atoms with Crippen LogP contribution in [0.15, 0.2) is 18.2 Å². The fourth-order valence-corrected chi connectivity index (χ4v) is 3.34. The summed E-state index contributed by atoms with van der Waals surface area (Å²) in [6, 6.07) is 5.59. The molecule has 1 fully saturated rings. The average molecular weight is 289 g/mol. The van der Waals surface area contributed by atoms with Crippen LogP contribution in [0.2, 0.25) is 0 Å². The lowest BCUT2D eigenvalue weighted by atomic mass is 9.73. The van der Waals surface area contributed by atoms with Gasteiger partial charge >= 0.3 is 0 Å². The fraction of sp³-hybridized carbons (Fsp3) is 0.500. The lowest BCUT2D eigenvalue weighted by Crippen LogP contribution is -2.61. The maximum Gasteiger partial charge on any atom is 0.234 e. The van der Waals surface area contributed by atoms with Gasteiger partial charge in [-0.1, -0.05) is 6.07 Å². The van der Waals surface area contributed by atoms with Gasteiger partial charge in [0, 0.05) is 18.4 Å². The first-order valence-electron chi connectivity index (χ1n) is 7.22. The van der Waals surface area contributed by atoms with Crippen LogP contribution < -0.4 is 14.8 Å². The predicted molar refractivity (Wildman–Crippen MR) is 76.3 cm³/mol. The highest BCUT2D eigenvalue weighted by Gasteiger charge is 2.50. The summed E-state index contributed by atoms with van der Waals surface area (Å²) >= 11 is 0. The van der Waals surface area contributed by atoms with Crippen molar-refractivity contribution in [3.05, 3.63) is 23.8 Å². The van der Waals surface area contributed by atoms with Gasteiger partial charge in [-0.3, -0.25) is 9.59 Å². The molecular formula is C16H19NO4. The number of benzene rings is 1. The standard InChI is InChI=1S/C16H19NO4/c1-4-20-10-5-6-11-12-8-16(3,21-13(11)7-10)17-15(19)14(12)9(2)18/h5-7,12,14H,4,8H2,1-3H3,(H,17,19)/t12-,14-,16-/m1/s1. The summed E-state index contributed by atoms with van der Waals surface area (Å²) in [7, 11) is 0. The molecule has 0 radical (unpaired) electrons. The van der Waals surface area contributed by atoms with Crippen molar-refractivity contribution in [2.24, 2.45) is 5.92 Å². The monoisotopic (exact) mass is 289 g/mol. The van der Waals surface area contributed by atoms with E-state index in [9.17, 15) is 9.59 Å². The number of nitrogens with one attached hydrogen (secondary N) is 1. The highest BCUT2D eigenvalue weighted by molar-refractivity contribution is 6.02. The van der Waals surface area contributed by atoms with Crippen molar-refractivity contribution in [1.82, 2.24) is 5.32 Å². The molecule has 5 nitrogen and oxygen atoms in total. The van der Waals surface area contributed by atoms with E-state index in [1.165, 1.54) is 6.92 Å². The minimum absolute atomic E-state index is 0.110. The van der Waals surface area contributed by atoms with Crippen LogP contribution in [0.3, 0.4) is 0 Å². The number of hydrogen-bond acceptors (Lipinski definition) is 4. The van der Waals surface area contributed by atoms with E-state index < -0.39 is 11.6 Å². The maximum atomic E-state index is 12.2. The Kier molecular flexibility index (Phi) is 3.15. The van der Waals surface area contributed by atoms with Crippen LogP contribution in [0.1, 0.15) is 38.7 Å². The molecule has 2 bridgehead atoms. The third-order valence-electron chi connectivity index (χ3n) is 4.15. The van der Waals surface area contributed by atoms with Gasteiger partial charge in [0.1, 0.15) is 23.2 Å². The molecule has 5 heteroatoms. The molecule has 1 aromatic carbocycles. The van der Waals surface area contributed by atoms with Crippen molar-refractivity contribution in [3.63, 3.8) is 0 Å². The van der Waals surface area contributed by atoms with Gasteiger partial charge in [-0.05, 0) is 32.4 Å². The number of carbonyl (C=O) groups is 2. The van der Waals surface area contributed by atoms with Gasteiger partial charge < -0.3 is 14.8 Å². The summed E-state index contributed by atoms with van der Waals surface area (Å²) in [5.41, 5.74) is 0.150. The zero-order valence-electron chi connectivity index (χ0n) is 12.4. The Morgan fingerprint density at radius 3 is 2.95 bits per heavy atom. The topological polar surface area (TPSA) is 64.6 Å². The summed E-state index contributed by atoms with van der Waals surface area (Å²) in [5.74, 6) is 0.276. The summed E-state index contributed by atoms with van der Waals surface area (Å²) in [6.45, 7) is 5.80. The lowest BCUT2D eigenvalue weighted by Gasteiger charge is -2.46. The molecule has 3 rings (SSSR count). The van der Waals surface area contributed by atoms with Gasteiger partial charge in [-0.2, -0.15) is 0 Å². The molecule has 21 heavy (non-hydrogen) atoms. The molecule has 1 saturated heterocycles. The van der Waals surface area contributed by atoms with Crippen LogP contribution >= 0.6 is 0 Å². The number of Topliss-reactive ketones (excluding diaryl/α,β-unsaturated/α-hetero) is 1. The van der Waals surface area contributed by atoms with Gasteiger partial charge in [0.25, 0.3) is 0 Å². The average Bonchev–Trinajstić information content (AvgIpc) is 2.36. The van der Waals surface area contributed by atoms with Crippen LogP contribution in [-0.4, -0.2) is 24.0 Å². The number of ether oxygens (including phenoxy) is 2.